The number of aryl methyl sites for hydroxylation is 1. The molecule has 0 aliphatic heterocycles. The summed E-state index contributed by atoms with van der Waals surface area (Å²) in [7, 11) is 7.27. The molecule has 0 amide bonds. The lowest BCUT2D eigenvalue weighted by Gasteiger charge is -2.30. The summed E-state index contributed by atoms with van der Waals surface area (Å²) < 4.78 is 28.0. The van der Waals surface area contributed by atoms with E-state index in [9.17, 15) is 0 Å². The monoisotopic (exact) mass is 487 g/mol. The average Bonchev–Trinajstić information content (AvgIpc) is 3.42. The van der Waals surface area contributed by atoms with E-state index in [1.165, 1.54) is 26.3 Å². The van der Waals surface area contributed by atoms with Gasteiger partial charge in [-0.15, -0.1) is 11.3 Å². The summed E-state index contributed by atoms with van der Waals surface area (Å²) in [4.78, 5) is 0. The molecule has 7 heteroatoms. The molecule has 0 saturated heterocycles. The minimum Gasteiger partial charge on any atom is -0.497 e. The van der Waals surface area contributed by atoms with Gasteiger partial charge in [-0.3, -0.25) is 0 Å². The fourth-order valence-corrected chi connectivity index (χ4v) is 7.14. The molecule has 0 N–H and O–H groups in total. The molecule has 3 atom stereocenters. The second-order valence-corrected chi connectivity index (χ2v) is 10.9. The van der Waals surface area contributed by atoms with Gasteiger partial charge in [0, 0.05) is 27.8 Å². The highest BCUT2D eigenvalue weighted by molar-refractivity contribution is 7.99. The highest BCUT2D eigenvalue weighted by Gasteiger charge is 2.34. The molecule has 0 bridgehead atoms. The zero-order chi connectivity index (χ0) is 23.5. The van der Waals surface area contributed by atoms with E-state index in [0.29, 0.717) is 6.04 Å². The van der Waals surface area contributed by atoms with E-state index in [1.807, 2.05) is 47.6 Å². The van der Waals surface area contributed by atoms with Gasteiger partial charge < -0.3 is 18.9 Å². The van der Waals surface area contributed by atoms with Crippen molar-refractivity contribution in [1.29, 1.82) is 0 Å². The Kier molecular flexibility index (Phi) is 7.74. The quantitative estimate of drug-likeness (QED) is 0.307. The fourth-order valence-electron chi connectivity index (χ4n) is 4.56. The van der Waals surface area contributed by atoms with Crippen LogP contribution in [0.2, 0.25) is 0 Å². The van der Waals surface area contributed by atoms with Crippen LogP contribution < -0.4 is 14.2 Å². The molecule has 1 fully saturated rings. The van der Waals surface area contributed by atoms with Crippen LogP contribution in [-0.4, -0.2) is 44.8 Å². The molecule has 4 rings (SSSR count). The van der Waals surface area contributed by atoms with Gasteiger partial charge in [0.1, 0.15) is 17.2 Å². The first-order chi connectivity index (χ1) is 15.9. The average molecular weight is 488 g/mol. The molecule has 2 aromatic carbocycles. The van der Waals surface area contributed by atoms with Gasteiger partial charge in [-0.2, -0.15) is 0 Å². The van der Waals surface area contributed by atoms with Gasteiger partial charge in [0.25, 0.3) is 0 Å². The maximum atomic E-state index is 6.62. The van der Waals surface area contributed by atoms with E-state index < -0.39 is 0 Å². The summed E-state index contributed by atoms with van der Waals surface area (Å²) in [5, 5.41) is 1.27. The molecular formula is C26H33NO4S2. The van der Waals surface area contributed by atoms with Crippen molar-refractivity contribution in [2.45, 2.75) is 55.6 Å². The molecule has 3 aromatic rings. The lowest BCUT2D eigenvalue weighted by molar-refractivity contribution is -0.0231. The Bertz CT molecular complexity index is 1100. The van der Waals surface area contributed by atoms with Crippen molar-refractivity contribution in [3.05, 3.63) is 47.5 Å². The Morgan fingerprint density at radius 3 is 2.45 bits per heavy atom. The Balaban J connectivity index is 1.47. The molecule has 1 saturated carbocycles. The molecule has 1 heterocycles. The van der Waals surface area contributed by atoms with E-state index >= 15 is 0 Å². The number of fused-ring (bicyclic) bond motifs is 1. The summed E-state index contributed by atoms with van der Waals surface area (Å²) in [6.07, 6.45) is 3.50. The van der Waals surface area contributed by atoms with Crippen LogP contribution in [0.4, 0.5) is 0 Å². The Hall–Kier alpha value is -1.93. The van der Waals surface area contributed by atoms with Crippen LogP contribution in [0.25, 0.3) is 10.1 Å². The maximum Gasteiger partial charge on any atom is 0.128 e. The van der Waals surface area contributed by atoms with Crippen molar-refractivity contribution in [1.82, 2.24) is 4.31 Å². The van der Waals surface area contributed by atoms with Crippen LogP contribution in [0.1, 0.15) is 43.4 Å². The second-order valence-electron chi connectivity index (χ2n) is 8.44. The zero-order valence-corrected chi connectivity index (χ0v) is 21.8. The van der Waals surface area contributed by atoms with Crippen LogP contribution in [0.3, 0.4) is 0 Å². The lowest BCUT2D eigenvalue weighted by Crippen LogP contribution is -2.35. The number of likely N-dealkylation sites (N-methyl/N-ethyl adjacent to an activating group) is 1. The van der Waals surface area contributed by atoms with Crippen molar-refractivity contribution in [2.75, 3.05) is 28.4 Å². The standard InChI is InChI=1S/C26H33NO4S2/c1-16-21-14-18(28-4)11-13-25(21)32-26(16)33-27(3)22-8-7-9-23(22)31-17(2)20-12-10-19(29-5)15-24(20)30-6/h10-15,17,22-23H,7-9H2,1-6H3/t17?,22-,23-/m0/s1. The molecule has 178 valence electrons. The van der Waals surface area contributed by atoms with Crippen molar-refractivity contribution in [3.8, 4) is 17.2 Å². The molecule has 1 unspecified atom stereocenters. The SMILES string of the molecule is COc1ccc(C(C)O[C@H]2CCC[C@@H]2N(C)Sc2sc3ccc(OC)cc3c2C)c(OC)c1. The van der Waals surface area contributed by atoms with E-state index in [4.69, 9.17) is 18.9 Å². The van der Waals surface area contributed by atoms with Gasteiger partial charge >= 0.3 is 0 Å². The van der Waals surface area contributed by atoms with Crippen molar-refractivity contribution < 1.29 is 18.9 Å². The van der Waals surface area contributed by atoms with E-state index in [0.717, 1.165) is 35.7 Å². The summed E-state index contributed by atoms with van der Waals surface area (Å²) in [5.41, 5.74) is 2.37. The summed E-state index contributed by atoms with van der Waals surface area (Å²) in [6.45, 7) is 4.31. The summed E-state index contributed by atoms with van der Waals surface area (Å²) >= 11 is 3.68. The topological polar surface area (TPSA) is 40.2 Å². The highest BCUT2D eigenvalue weighted by atomic mass is 32.2. The predicted molar refractivity (Wildman–Crippen MR) is 137 cm³/mol. The zero-order valence-electron chi connectivity index (χ0n) is 20.2. The number of nitrogens with zero attached hydrogens (tertiary/aromatic N) is 1. The molecule has 5 nitrogen and oxygen atoms in total. The van der Waals surface area contributed by atoms with Gasteiger partial charge in [0.05, 0.1) is 37.7 Å². The minimum absolute atomic E-state index is 0.0617. The van der Waals surface area contributed by atoms with Crippen molar-refractivity contribution >= 4 is 33.4 Å². The van der Waals surface area contributed by atoms with E-state index in [1.54, 1.807) is 21.3 Å². The second kappa shape index (κ2) is 10.6. The van der Waals surface area contributed by atoms with Gasteiger partial charge in [0.2, 0.25) is 0 Å². The smallest absolute Gasteiger partial charge is 0.128 e. The lowest BCUT2D eigenvalue weighted by atomic mass is 10.1. The molecule has 0 spiro atoms. The first kappa shape index (κ1) is 24.2. The molecule has 33 heavy (non-hydrogen) atoms. The van der Waals surface area contributed by atoms with Crippen LogP contribution in [0.5, 0.6) is 17.2 Å². The van der Waals surface area contributed by atoms with Gasteiger partial charge in [0.15, 0.2) is 0 Å². The largest absolute Gasteiger partial charge is 0.497 e. The van der Waals surface area contributed by atoms with Gasteiger partial charge in [-0.25, -0.2) is 4.31 Å². The number of hydrogen-bond donors (Lipinski definition) is 0. The van der Waals surface area contributed by atoms with Gasteiger partial charge in [-0.05, 0) is 88.0 Å². The number of hydrogen-bond acceptors (Lipinski definition) is 7. The third-order valence-corrected chi connectivity index (χ3v) is 9.04. The number of ether oxygens (including phenoxy) is 4. The molecule has 1 aromatic heterocycles. The molecule has 1 aliphatic carbocycles. The minimum atomic E-state index is -0.0617. The highest BCUT2D eigenvalue weighted by Crippen LogP contribution is 2.43. The van der Waals surface area contributed by atoms with Crippen LogP contribution >= 0.6 is 23.3 Å². The van der Waals surface area contributed by atoms with E-state index in [-0.39, 0.29) is 12.2 Å². The van der Waals surface area contributed by atoms with Crippen LogP contribution in [0.15, 0.2) is 40.6 Å². The summed E-state index contributed by atoms with van der Waals surface area (Å²) in [6, 6.07) is 12.6. The third-order valence-electron chi connectivity index (χ3n) is 6.47. The normalized spacial score (nSPS) is 19.2. The fraction of sp³-hybridized carbons (Fsp3) is 0.462. The Morgan fingerprint density at radius 1 is 1.00 bits per heavy atom. The third kappa shape index (κ3) is 5.11. The number of thiophene rings is 1. The van der Waals surface area contributed by atoms with Gasteiger partial charge in [-0.1, -0.05) is 0 Å². The van der Waals surface area contributed by atoms with Crippen LogP contribution in [0, 0.1) is 6.92 Å². The summed E-state index contributed by atoms with van der Waals surface area (Å²) in [5.74, 6) is 2.49. The molecular weight excluding hydrogens is 454 g/mol. The Labute approximate surface area is 205 Å². The first-order valence-electron chi connectivity index (χ1n) is 11.3. The maximum absolute atomic E-state index is 6.62. The van der Waals surface area contributed by atoms with Crippen molar-refractivity contribution in [2.24, 2.45) is 0 Å². The van der Waals surface area contributed by atoms with E-state index in [2.05, 4.69) is 37.3 Å². The number of benzene rings is 2. The number of rotatable bonds is 9. The van der Waals surface area contributed by atoms with Crippen LogP contribution in [-0.2, 0) is 4.74 Å². The Morgan fingerprint density at radius 2 is 1.73 bits per heavy atom. The molecule has 1 aliphatic rings. The number of methoxy groups -OCH3 is 3. The molecule has 0 radical (unpaired) electrons. The van der Waals surface area contributed by atoms with Crippen molar-refractivity contribution in [3.63, 3.8) is 0 Å². The predicted octanol–water partition coefficient (Wildman–Crippen LogP) is 6.87. The first-order valence-corrected chi connectivity index (χ1v) is 12.9.